The molecule has 0 saturated carbocycles. The normalized spacial score (nSPS) is 10.4. The highest BCUT2D eigenvalue weighted by Gasteiger charge is 2.01. The van der Waals surface area contributed by atoms with Crippen LogP contribution < -0.4 is 15.8 Å². The topological polar surface area (TPSA) is 86.2 Å². The zero-order valence-corrected chi connectivity index (χ0v) is 10.9. The highest BCUT2D eigenvalue weighted by atomic mass is 16.5. The van der Waals surface area contributed by atoms with E-state index in [1.165, 1.54) is 6.39 Å². The minimum atomic E-state index is 0.677. The SMILES string of the molecule is CCCOc1cc(N)cc(NCCc2ncon2)c1. The van der Waals surface area contributed by atoms with E-state index >= 15 is 0 Å². The fourth-order valence-corrected chi connectivity index (χ4v) is 1.65. The largest absolute Gasteiger partial charge is 0.493 e. The van der Waals surface area contributed by atoms with Crippen molar-refractivity contribution in [3.05, 3.63) is 30.4 Å². The van der Waals surface area contributed by atoms with Crippen LogP contribution in [-0.4, -0.2) is 23.3 Å². The molecule has 0 aliphatic carbocycles. The average Bonchev–Trinajstić information content (AvgIpc) is 2.89. The summed E-state index contributed by atoms with van der Waals surface area (Å²) in [5.74, 6) is 1.46. The van der Waals surface area contributed by atoms with Crippen LogP contribution in [0.1, 0.15) is 19.2 Å². The molecule has 0 spiro atoms. The van der Waals surface area contributed by atoms with Gasteiger partial charge in [-0.1, -0.05) is 12.1 Å². The van der Waals surface area contributed by atoms with Gasteiger partial charge in [-0.05, 0) is 12.5 Å². The number of nitrogens with zero attached hydrogens (tertiary/aromatic N) is 2. The standard InChI is InChI=1S/C13H18N4O2/c1-2-5-18-12-7-10(14)6-11(8-12)15-4-3-13-16-9-19-17-13/h6-9,15H,2-5,14H2,1H3. The third-order valence-electron chi connectivity index (χ3n) is 2.49. The molecule has 0 aliphatic rings. The van der Waals surface area contributed by atoms with E-state index in [1.54, 1.807) is 0 Å². The van der Waals surface area contributed by atoms with E-state index in [0.29, 0.717) is 31.1 Å². The predicted molar refractivity (Wildman–Crippen MR) is 73.1 cm³/mol. The summed E-state index contributed by atoms with van der Waals surface area (Å²) in [7, 11) is 0. The minimum absolute atomic E-state index is 0.677. The number of ether oxygens (including phenoxy) is 1. The van der Waals surface area contributed by atoms with Gasteiger partial charge in [0.1, 0.15) is 5.75 Å². The molecule has 102 valence electrons. The molecule has 1 aromatic carbocycles. The zero-order valence-electron chi connectivity index (χ0n) is 10.9. The molecule has 0 unspecified atom stereocenters. The molecule has 6 heteroatoms. The van der Waals surface area contributed by atoms with Crippen molar-refractivity contribution < 1.29 is 9.26 Å². The molecule has 2 aromatic rings. The molecule has 0 amide bonds. The van der Waals surface area contributed by atoms with E-state index in [-0.39, 0.29) is 0 Å². The second kappa shape index (κ2) is 6.63. The molecule has 0 fully saturated rings. The molecule has 0 atom stereocenters. The quantitative estimate of drug-likeness (QED) is 0.743. The number of anilines is 2. The Kier molecular flexibility index (Phi) is 4.60. The number of nitrogen functional groups attached to an aromatic ring is 1. The van der Waals surface area contributed by atoms with Crippen molar-refractivity contribution in [2.45, 2.75) is 19.8 Å². The Morgan fingerprint density at radius 3 is 3.00 bits per heavy atom. The second-order valence-corrected chi connectivity index (χ2v) is 4.16. The molecule has 1 aromatic heterocycles. The van der Waals surface area contributed by atoms with Gasteiger partial charge in [0.15, 0.2) is 5.82 Å². The van der Waals surface area contributed by atoms with Crippen LogP contribution >= 0.6 is 0 Å². The summed E-state index contributed by atoms with van der Waals surface area (Å²) in [6.07, 6.45) is 2.98. The first-order valence-electron chi connectivity index (χ1n) is 6.30. The summed E-state index contributed by atoms with van der Waals surface area (Å²) in [5, 5.41) is 7.01. The Labute approximate surface area is 112 Å². The lowest BCUT2D eigenvalue weighted by molar-refractivity contribution is 0.318. The molecule has 2 rings (SSSR count). The molecule has 3 N–H and O–H groups in total. The number of nitrogens with two attached hydrogens (primary N) is 1. The summed E-state index contributed by atoms with van der Waals surface area (Å²) < 4.78 is 10.2. The van der Waals surface area contributed by atoms with Crippen LogP contribution in [0.5, 0.6) is 5.75 Å². The van der Waals surface area contributed by atoms with Crippen molar-refractivity contribution in [1.29, 1.82) is 0 Å². The Morgan fingerprint density at radius 2 is 2.26 bits per heavy atom. The predicted octanol–water partition coefficient (Wildman–Crippen LogP) is 2.10. The number of rotatable bonds is 7. The Bertz CT molecular complexity index is 499. The van der Waals surface area contributed by atoms with Gasteiger partial charge in [0, 0.05) is 36.5 Å². The molecular weight excluding hydrogens is 244 g/mol. The van der Waals surface area contributed by atoms with Gasteiger partial charge in [0.25, 0.3) is 0 Å². The smallest absolute Gasteiger partial charge is 0.213 e. The first-order chi connectivity index (χ1) is 9.28. The molecule has 0 saturated heterocycles. The number of aromatic nitrogens is 2. The van der Waals surface area contributed by atoms with Crippen LogP contribution in [0.25, 0.3) is 0 Å². The third-order valence-corrected chi connectivity index (χ3v) is 2.49. The summed E-state index contributed by atoms with van der Waals surface area (Å²) in [5.41, 5.74) is 7.44. The Hall–Kier alpha value is -2.24. The highest BCUT2D eigenvalue weighted by Crippen LogP contribution is 2.22. The van der Waals surface area contributed by atoms with E-state index in [9.17, 15) is 0 Å². The van der Waals surface area contributed by atoms with E-state index < -0.39 is 0 Å². The minimum Gasteiger partial charge on any atom is -0.493 e. The van der Waals surface area contributed by atoms with Crippen molar-refractivity contribution in [3.8, 4) is 5.75 Å². The van der Waals surface area contributed by atoms with E-state index in [2.05, 4.69) is 26.9 Å². The first kappa shape index (κ1) is 13.2. The summed E-state index contributed by atoms with van der Waals surface area (Å²) in [6, 6.07) is 5.62. The number of benzene rings is 1. The third kappa shape index (κ3) is 4.17. The van der Waals surface area contributed by atoms with Crippen molar-refractivity contribution in [1.82, 2.24) is 10.1 Å². The Morgan fingerprint density at radius 1 is 1.37 bits per heavy atom. The number of hydrogen-bond donors (Lipinski definition) is 2. The maximum absolute atomic E-state index is 5.84. The van der Waals surface area contributed by atoms with Crippen LogP contribution in [0.4, 0.5) is 11.4 Å². The number of hydrogen-bond acceptors (Lipinski definition) is 6. The van der Waals surface area contributed by atoms with Crippen LogP contribution in [0.15, 0.2) is 29.1 Å². The lowest BCUT2D eigenvalue weighted by Gasteiger charge is -2.10. The lowest BCUT2D eigenvalue weighted by Crippen LogP contribution is -2.06. The van der Waals surface area contributed by atoms with Crippen molar-refractivity contribution in [3.63, 3.8) is 0 Å². The summed E-state index contributed by atoms with van der Waals surface area (Å²) in [4.78, 5) is 3.96. The first-order valence-corrected chi connectivity index (χ1v) is 6.30. The van der Waals surface area contributed by atoms with E-state index in [1.807, 2.05) is 18.2 Å². The van der Waals surface area contributed by atoms with Gasteiger partial charge in [-0.25, -0.2) is 0 Å². The van der Waals surface area contributed by atoms with Crippen molar-refractivity contribution in [2.75, 3.05) is 24.2 Å². The van der Waals surface area contributed by atoms with Gasteiger partial charge < -0.3 is 20.3 Å². The second-order valence-electron chi connectivity index (χ2n) is 4.16. The fraction of sp³-hybridized carbons (Fsp3) is 0.385. The highest BCUT2D eigenvalue weighted by molar-refractivity contribution is 5.59. The fourth-order valence-electron chi connectivity index (χ4n) is 1.65. The monoisotopic (exact) mass is 262 g/mol. The van der Waals surface area contributed by atoms with Crippen LogP contribution in [-0.2, 0) is 6.42 Å². The summed E-state index contributed by atoms with van der Waals surface area (Å²) >= 11 is 0. The zero-order chi connectivity index (χ0) is 13.5. The number of nitrogens with one attached hydrogen (secondary N) is 1. The van der Waals surface area contributed by atoms with Crippen molar-refractivity contribution in [2.24, 2.45) is 0 Å². The molecule has 0 aliphatic heterocycles. The van der Waals surface area contributed by atoms with Gasteiger partial charge in [-0.15, -0.1) is 0 Å². The van der Waals surface area contributed by atoms with Gasteiger partial charge in [0.05, 0.1) is 6.61 Å². The molecule has 1 heterocycles. The molecular formula is C13H18N4O2. The lowest BCUT2D eigenvalue weighted by atomic mass is 10.2. The van der Waals surface area contributed by atoms with E-state index in [4.69, 9.17) is 10.5 Å². The van der Waals surface area contributed by atoms with Crippen molar-refractivity contribution >= 4 is 11.4 Å². The average molecular weight is 262 g/mol. The van der Waals surface area contributed by atoms with Crippen LogP contribution in [0.3, 0.4) is 0 Å². The molecule has 6 nitrogen and oxygen atoms in total. The van der Waals surface area contributed by atoms with Crippen LogP contribution in [0, 0.1) is 0 Å². The molecule has 0 bridgehead atoms. The Balaban J connectivity index is 1.90. The van der Waals surface area contributed by atoms with Crippen LogP contribution in [0.2, 0.25) is 0 Å². The van der Waals surface area contributed by atoms with E-state index in [0.717, 1.165) is 17.9 Å². The van der Waals surface area contributed by atoms with Gasteiger partial charge >= 0.3 is 0 Å². The maximum atomic E-state index is 5.84. The summed E-state index contributed by atoms with van der Waals surface area (Å²) in [6.45, 7) is 3.46. The maximum Gasteiger partial charge on any atom is 0.213 e. The van der Waals surface area contributed by atoms with Gasteiger partial charge in [0.2, 0.25) is 6.39 Å². The molecule has 19 heavy (non-hydrogen) atoms. The van der Waals surface area contributed by atoms with Gasteiger partial charge in [-0.3, -0.25) is 0 Å². The molecule has 0 radical (unpaired) electrons. The van der Waals surface area contributed by atoms with Gasteiger partial charge in [-0.2, -0.15) is 4.98 Å².